The van der Waals surface area contributed by atoms with Gasteiger partial charge in [0.1, 0.15) is 0 Å². The van der Waals surface area contributed by atoms with Crippen LogP contribution in [0.1, 0.15) is 16.7 Å². The Morgan fingerprint density at radius 2 is 1.30 bits per heavy atom. The molecule has 0 spiro atoms. The SMILES string of the molecule is Cc1ccc(-c2cc(-c3ccc(C)cc3)n(-c3ccc(C)c(Cl)c3)n2)cc1. The van der Waals surface area contributed by atoms with Crippen LogP contribution in [-0.4, -0.2) is 9.78 Å². The Morgan fingerprint density at radius 1 is 0.704 bits per heavy atom. The molecular weight excluding hydrogens is 352 g/mol. The third-order valence-corrected chi connectivity index (χ3v) is 5.21. The Morgan fingerprint density at radius 3 is 1.89 bits per heavy atom. The van der Waals surface area contributed by atoms with Crippen molar-refractivity contribution in [3.05, 3.63) is 94.5 Å². The zero-order valence-electron chi connectivity index (χ0n) is 15.7. The Bertz CT molecular complexity index is 1090. The van der Waals surface area contributed by atoms with Crippen molar-refractivity contribution in [2.75, 3.05) is 0 Å². The van der Waals surface area contributed by atoms with Gasteiger partial charge in [0.2, 0.25) is 0 Å². The molecule has 0 fully saturated rings. The molecule has 0 radical (unpaired) electrons. The van der Waals surface area contributed by atoms with E-state index in [2.05, 4.69) is 74.5 Å². The molecule has 4 aromatic rings. The fourth-order valence-corrected chi connectivity index (χ4v) is 3.26. The van der Waals surface area contributed by atoms with Crippen LogP contribution in [0.4, 0.5) is 0 Å². The molecular formula is C24H21ClN2. The van der Waals surface area contributed by atoms with E-state index in [1.165, 1.54) is 11.1 Å². The third-order valence-electron chi connectivity index (χ3n) is 4.80. The van der Waals surface area contributed by atoms with E-state index in [4.69, 9.17) is 16.7 Å². The molecule has 134 valence electrons. The van der Waals surface area contributed by atoms with Gasteiger partial charge in [0, 0.05) is 16.1 Å². The zero-order valence-corrected chi connectivity index (χ0v) is 16.5. The zero-order chi connectivity index (χ0) is 19.0. The number of hydrogen-bond acceptors (Lipinski definition) is 1. The summed E-state index contributed by atoms with van der Waals surface area (Å²) in [5.74, 6) is 0. The number of aromatic nitrogens is 2. The van der Waals surface area contributed by atoms with Crippen molar-refractivity contribution in [2.24, 2.45) is 0 Å². The van der Waals surface area contributed by atoms with Crippen LogP contribution < -0.4 is 0 Å². The first-order chi connectivity index (χ1) is 13.0. The van der Waals surface area contributed by atoms with Gasteiger partial charge in [0.15, 0.2) is 0 Å². The number of benzene rings is 3. The summed E-state index contributed by atoms with van der Waals surface area (Å²) in [4.78, 5) is 0. The molecule has 0 aliphatic carbocycles. The normalized spacial score (nSPS) is 11.0. The minimum Gasteiger partial charge on any atom is -0.232 e. The average molecular weight is 373 g/mol. The Hall–Kier alpha value is -2.84. The quantitative estimate of drug-likeness (QED) is 0.387. The van der Waals surface area contributed by atoms with Crippen molar-refractivity contribution < 1.29 is 0 Å². The Labute approximate surface area is 165 Å². The molecule has 4 rings (SSSR count). The molecule has 0 bridgehead atoms. The van der Waals surface area contributed by atoms with Gasteiger partial charge in [-0.05, 0) is 44.5 Å². The van der Waals surface area contributed by atoms with E-state index in [0.717, 1.165) is 38.8 Å². The summed E-state index contributed by atoms with van der Waals surface area (Å²) in [6.45, 7) is 6.20. The van der Waals surface area contributed by atoms with Gasteiger partial charge in [-0.25, -0.2) is 4.68 Å². The van der Waals surface area contributed by atoms with Gasteiger partial charge in [-0.3, -0.25) is 0 Å². The average Bonchev–Trinajstić information content (AvgIpc) is 3.10. The number of halogens is 1. The third kappa shape index (κ3) is 3.54. The van der Waals surface area contributed by atoms with Gasteiger partial charge in [-0.2, -0.15) is 5.10 Å². The fraction of sp³-hybridized carbons (Fsp3) is 0.125. The molecule has 3 aromatic carbocycles. The maximum absolute atomic E-state index is 6.38. The first kappa shape index (κ1) is 17.6. The molecule has 0 saturated heterocycles. The maximum atomic E-state index is 6.38. The van der Waals surface area contributed by atoms with E-state index >= 15 is 0 Å². The minimum atomic E-state index is 0.745. The first-order valence-electron chi connectivity index (χ1n) is 9.02. The van der Waals surface area contributed by atoms with Crippen molar-refractivity contribution in [1.82, 2.24) is 9.78 Å². The van der Waals surface area contributed by atoms with E-state index in [1.54, 1.807) is 0 Å². The number of rotatable bonds is 3. The van der Waals surface area contributed by atoms with Crippen LogP contribution >= 0.6 is 11.6 Å². The minimum absolute atomic E-state index is 0.745. The van der Waals surface area contributed by atoms with E-state index in [1.807, 2.05) is 23.7 Å². The van der Waals surface area contributed by atoms with Crippen LogP contribution in [0.5, 0.6) is 0 Å². The van der Waals surface area contributed by atoms with Crippen molar-refractivity contribution >= 4 is 11.6 Å². The lowest BCUT2D eigenvalue weighted by Gasteiger charge is -2.09. The standard InChI is InChI=1S/C24H21ClN2/c1-16-4-9-19(10-5-16)23-15-24(20-11-6-17(2)7-12-20)27(26-23)21-13-8-18(3)22(25)14-21/h4-15H,1-3H3. The second-order valence-corrected chi connectivity index (χ2v) is 7.40. The Balaban J connectivity index is 1.90. The molecule has 0 aliphatic rings. The van der Waals surface area contributed by atoms with Gasteiger partial charge in [0.25, 0.3) is 0 Å². The van der Waals surface area contributed by atoms with Gasteiger partial charge < -0.3 is 0 Å². The van der Waals surface area contributed by atoms with Crippen LogP contribution in [0.3, 0.4) is 0 Å². The molecule has 1 heterocycles. The molecule has 0 amide bonds. The molecule has 0 N–H and O–H groups in total. The topological polar surface area (TPSA) is 17.8 Å². The summed E-state index contributed by atoms with van der Waals surface area (Å²) in [5, 5.41) is 5.65. The second-order valence-electron chi connectivity index (χ2n) is 6.99. The number of hydrogen-bond donors (Lipinski definition) is 0. The highest BCUT2D eigenvalue weighted by Crippen LogP contribution is 2.30. The van der Waals surface area contributed by atoms with Gasteiger partial charge in [0.05, 0.1) is 17.1 Å². The number of nitrogens with zero attached hydrogens (tertiary/aromatic N) is 2. The molecule has 0 aliphatic heterocycles. The van der Waals surface area contributed by atoms with Crippen molar-refractivity contribution in [1.29, 1.82) is 0 Å². The number of aryl methyl sites for hydroxylation is 3. The molecule has 0 atom stereocenters. The largest absolute Gasteiger partial charge is 0.232 e. The Kier molecular flexibility index (Phi) is 4.59. The summed E-state index contributed by atoms with van der Waals surface area (Å²) < 4.78 is 1.98. The highest BCUT2D eigenvalue weighted by Gasteiger charge is 2.14. The summed E-state index contributed by atoms with van der Waals surface area (Å²) in [6.07, 6.45) is 0. The lowest BCUT2D eigenvalue weighted by molar-refractivity contribution is 0.891. The van der Waals surface area contributed by atoms with Crippen molar-refractivity contribution in [2.45, 2.75) is 20.8 Å². The summed E-state index contributed by atoms with van der Waals surface area (Å²) in [5.41, 5.74) is 8.72. The molecule has 0 saturated carbocycles. The predicted octanol–water partition coefficient (Wildman–Crippen LogP) is 6.78. The summed E-state index contributed by atoms with van der Waals surface area (Å²) >= 11 is 6.38. The van der Waals surface area contributed by atoms with Gasteiger partial charge in [-0.1, -0.05) is 77.3 Å². The maximum Gasteiger partial charge on any atom is 0.0934 e. The van der Waals surface area contributed by atoms with Crippen LogP contribution in [0, 0.1) is 20.8 Å². The lowest BCUT2D eigenvalue weighted by atomic mass is 10.1. The highest BCUT2D eigenvalue weighted by molar-refractivity contribution is 6.31. The summed E-state index contributed by atoms with van der Waals surface area (Å²) in [6, 6.07) is 25.2. The summed E-state index contributed by atoms with van der Waals surface area (Å²) in [7, 11) is 0. The van der Waals surface area contributed by atoms with Crippen LogP contribution in [0.25, 0.3) is 28.2 Å². The second kappa shape index (κ2) is 7.05. The molecule has 3 heteroatoms. The van der Waals surface area contributed by atoms with Crippen molar-refractivity contribution in [3.8, 4) is 28.2 Å². The molecule has 2 nitrogen and oxygen atoms in total. The van der Waals surface area contributed by atoms with Crippen LogP contribution in [0.2, 0.25) is 5.02 Å². The van der Waals surface area contributed by atoms with Crippen molar-refractivity contribution in [3.63, 3.8) is 0 Å². The molecule has 27 heavy (non-hydrogen) atoms. The highest BCUT2D eigenvalue weighted by atomic mass is 35.5. The molecule has 0 unspecified atom stereocenters. The van der Waals surface area contributed by atoms with E-state index < -0.39 is 0 Å². The molecule has 1 aromatic heterocycles. The van der Waals surface area contributed by atoms with E-state index in [-0.39, 0.29) is 0 Å². The monoisotopic (exact) mass is 372 g/mol. The predicted molar refractivity (Wildman–Crippen MR) is 114 cm³/mol. The van der Waals surface area contributed by atoms with Crippen LogP contribution in [-0.2, 0) is 0 Å². The smallest absolute Gasteiger partial charge is 0.0934 e. The van der Waals surface area contributed by atoms with E-state index in [9.17, 15) is 0 Å². The van der Waals surface area contributed by atoms with Gasteiger partial charge in [-0.15, -0.1) is 0 Å². The fourth-order valence-electron chi connectivity index (χ4n) is 3.09. The first-order valence-corrected chi connectivity index (χ1v) is 9.40. The van der Waals surface area contributed by atoms with Crippen LogP contribution in [0.15, 0.2) is 72.8 Å². The van der Waals surface area contributed by atoms with Gasteiger partial charge >= 0.3 is 0 Å². The lowest BCUT2D eigenvalue weighted by Crippen LogP contribution is -1.99. The van der Waals surface area contributed by atoms with E-state index in [0.29, 0.717) is 0 Å².